The maximum atomic E-state index is 11.9. The highest BCUT2D eigenvalue weighted by atomic mass is 16.1. The predicted octanol–water partition coefficient (Wildman–Crippen LogP) is 2.17. The van der Waals surface area contributed by atoms with Crippen molar-refractivity contribution in [1.29, 1.82) is 0 Å². The van der Waals surface area contributed by atoms with Gasteiger partial charge in [-0.2, -0.15) is 0 Å². The predicted molar refractivity (Wildman–Crippen MR) is 70.5 cm³/mol. The number of primary amides is 1. The smallest absolute Gasteiger partial charge is 0.242 e. The fourth-order valence-corrected chi connectivity index (χ4v) is 2.12. The number of carbonyl (C=O) groups excluding carboxylic acids is 1. The molecule has 1 aromatic carbocycles. The Morgan fingerprint density at radius 1 is 1.24 bits per heavy atom. The number of hydrogen-bond donors (Lipinski definition) is 2. The van der Waals surface area contributed by atoms with Crippen molar-refractivity contribution in [2.75, 3.05) is 6.54 Å². The molecule has 1 atom stereocenters. The Morgan fingerprint density at radius 3 is 2.35 bits per heavy atom. The second-order valence-electron chi connectivity index (χ2n) is 4.31. The molecule has 0 aromatic heterocycles. The Balaban J connectivity index is 3.10. The number of hydrogen-bond acceptors (Lipinski definition) is 2. The molecule has 0 saturated carbocycles. The molecule has 1 amide bonds. The molecule has 3 heteroatoms. The lowest BCUT2D eigenvalue weighted by Crippen LogP contribution is -2.52. The average Bonchev–Trinajstić information content (AvgIpc) is 2.35. The third kappa shape index (κ3) is 3.07. The van der Waals surface area contributed by atoms with E-state index in [4.69, 9.17) is 5.73 Å². The highest BCUT2D eigenvalue weighted by Gasteiger charge is 2.36. The van der Waals surface area contributed by atoms with Gasteiger partial charge in [-0.25, -0.2) is 0 Å². The first-order valence-corrected chi connectivity index (χ1v) is 6.27. The van der Waals surface area contributed by atoms with E-state index in [1.165, 1.54) is 0 Å². The molecule has 1 unspecified atom stereocenters. The fraction of sp³-hybridized carbons (Fsp3) is 0.500. The zero-order valence-electron chi connectivity index (χ0n) is 10.7. The van der Waals surface area contributed by atoms with Crippen molar-refractivity contribution in [3.8, 4) is 0 Å². The van der Waals surface area contributed by atoms with E-state index in [0.717, 1.165) is 31.4 Å². The van der Waals surface area contributed by atoms with E-state index in [-0.39, 0.29) is 5.91 Å². The molecule has 3 nitrogen and oxygen atoms in total. The Bertz CT molecular complexity index is 350. The van der Waals surface area contributed by atoms with Crippen LogP contribution in [-0.2, 0) is 10.3 Å². The lowest BCUT2D eigenvalue weighted by atomic mass is 9.84. The summed E-state index contributed by atoms with van der Waals surface area (Å²) < 4.78 is 0. The van der Waals surface area contributed by atoms with Crippen LogP contribution in [0.3, 0.4) is 0 Å². The van der Waals surface area contributed by atoms with Crippen molar-refractivity contribution >= 4 is 5.91 Å². The van der Waals surface area contributed by atoms with Gasteiger partial charge in [-0.05, 0) is 24.9 Å². The van der Waals surface area contributed by atoms with Gasteiger partial charge >= 0.3 is 0 Å². The van der Waals surface area contributed by atoms with Crippen LogP contribution < -0.4 is 11.1 Å². The summed E-state index contributed by atoms with van der Waals surface area (Å²) in [5.74, 6) is -0.293. The zero-order chi connectivity index (χ0) is 12.7. The molecule has 0 bridgehead atoms. The van der Waals surface area contributed by atoms with Crippen LogP contribution in [0.4, 0.5) is 0 Å². The highest BCUT2D eigenvalue weighted by Crippen LogP contribution is 2.26. The second-order valence-corrected chi connectivity index (χ2v) is 4.31. The normalized spacial score (nSPS) is 14.2. The first-order chi connectivity index (χ1) is 8.17. The van der Waals surface area contributed by atoms with Crippen molar-refractivity contribution in [2.24, 2.45) is 5.73 Å². The topological polar surface area (TPSA) is 55.1 Å². The second kappa shape index (κ2) is 6.40. The standard InChI is InChI=1S/C14H22N2O/c1-3-10-14(13(15)17,16-11-4-2)12-8-6-5-7-9-12/h5-9,16H,3-4,10-11H2,1-2H3,(H2,15,17). The van der Waals surface area contributed by atoms with Gasteiger partial charge in [0.25, 0.3) is 0 Å². The van der Waals surface area contributed by atoms with Crippen LogP contribution in [-0.4, -0.2) is 12.5 Å². The van der Waals surface area contributed by atoms with E-state index >= 15 is 0 Å². The number of nitrogens with two attached hydrogens (primary N) is 1. The molecule has 0 spiro atoms. The number of amides is 1. The van der Waals surface area contributed by atoms with E-state index < -0.39 is 5.54 Å². The molecule has 0 radical (unpaired) electrons. The number of carbonyl (C=O) groups is 1. The monoisotopic (exact) mass is 234 g/mol. The molecule has 1 aromatic rings. The Morgan fingerprint density at radius 2 is 1.88 bits per heavy atom. The maximum Gasteiger partial charge on any atom is 0.242 e. The Labute approximate surface area is 103 Å². The van der Waals surface area contributed by atoms with Gasteiger partial charge in [0.05, 0.1) is 0 Å². The zero-order valence-corrected chi connectivity index (χ0v) is 10.7. The van der Waals surface area contributed by atoms with Crippen LogP contribution in [0, 0.1) is 0 Å². The molecular weight excluding hydrogens is 212 g/mol. The molecule has 17 heavy (non-hydrogen) atoms. The van der Waals surface area contributed by atoms with Crippen molar-refractivity contribution in [2.45, 2.75) is 38.6 Å². The van der Waals surface area contributed by atoms with E-state index in [1.807, 2.05) is 30.3 Å². The number of rotatable bonds is 7. The first-order valence-electron chi connectivity index (χ1n) is 6.27. The third-order valence-electron chi connectivity index (χ3n) is 2.99. The molecule has 0 heterocycles. The molecule has 0 aliphatic carbocycles. The van der Waals surface area contributed by atoms with Crippen LogP contribution in [0.15, 0.2) is 30.3 Å². The van der Waals surface area contributed by atoms with Gasteiger partial charge in [-0.3, -0.25) is 10.1 Å². The molecular formula is C14H22N2O. The molecule has 3 N–H and O–H groups in total. The summed E-state index contributed by atoms with van der Waals surface area (Å²) >= 11 is 0. The van der Waals surface area contributed by atoms with E-state index in [1.54, 1.807) is 0 Å². The lowest BCUT2D eigenvalue weighted by Gasteiger charge is -2.32. The molecule has 0 saturated heterocycles. The van der Waals surface area contributed by atoms with Gasteiger partial charge in [-0.1, -0.05) is 50.6 Å². The first kappa shape index (κ1) is 13.7. The summed E-state index contributed by atoms with van der Waals surface area (Å²) in [5.41, 5.74) is 5.87. The Hall–Kier alpha value is -1.35. The largest absolute Gasteiger partial charge is 0.368 e. The third-order valence-corrected chi connectivity index (χ3v) is 2.99. The van der Waals surface area contributed by atoms with Gasteiger partial charge < -0.3 is 5.73 Å². The van der Waals surface area contributed by atoms with Crippen LogP contribution in [0.25, 0.3) is 0 Å². The molecule has 1 rings (SSSR count). The quantitative estimate of drug-likeness (QED) is 0.759. The molecule has 0 fully saturated rings. The van der Waals surface area contributed by atoms with Crippen molar-refractivity contribution in [3.05, 3.63) is 35.9 Å². The fourth-order valence-electron chi connectivity index (χ4n) is 2.12. The number of benzene rings is 1. The highest BCUT2D eigenvalue weighted by molar-refractivity contribution is 5.86. The molecule has 94 valence electrons. The minimum Gasteiger partial charge on any atom is -0.368 e. The van der Waals surface area contributed by atoms with Crippen LogP contribution >= 0.6 is 0 Å². The molecule has 0 aliphatic heterocycles. The van der Waals surface area contributed by atoms with Crippen molar-refractivity contribution in [3.63, 3.8) is 0 Å². The Kier molecular flexibility index (Phi) is 5.16. The van der Waals surface area contributed by atoms with E-state index in [2.05, 4.69) is 19.2 Å². The van der Waals surface area contributed by atoms with Gasteiger partial charge in [0.2, 0.25) is 5.91 Å². The summed E-state index contributed by atoms with van der Waals surface area (Å²) in [6.07, 6.45) is 2.62. The van der Waals surface area contributed by atoms with Gasteiger partial charge in [0.15, 0.2) is 0 Å². The summed E-state index contributed by atoms with van der Waals surface area (Å²) in [6, 6.07) is 9.75. The summed E-state index contributed by atoms with van der Waals surface area (Å²) in [5, 5.41) is 3.33. The van der Waals surface area contributed by atoms with Crippen molar-refractivity contribution in [1.82, 2.24) is 5.32 Å². The molecule has 0 aliphatic rings. The van der Waals surface area contributed by atoms with Gasteiger partial charge in [-0.15, -0.1) is 0 Å². The minimum atomic E-state index is -0.716. The summed E-state index contributed by atoms with van der Waals surface area (Å²) in [7, 11) is 0. The summed E-state index contributed by atoms with van der Waals surface area (Å²) in [4.78, 5) is 11.9. The lowest BCUT2D eigenvalue weighted by molar-refractivity contribution is -0.125. The van der Waals surface area contributed by atoms with Crippen LogP contribution in [0.2, 0.25) is 0 Å². The van der Waals surface area contributed by atoms with Gasteiger partial charge in [0.1, 0.15) is 5.54 Å². The van der Waals surface area contributed by atoms with E-state index in [9.17, 15) is 4.79 Å². The average molecular weight is 234 g/mol. The minimum absolute atomic E-state index is 0.293. The SMILES string of the molecule is CCCNC(CCC)(C(N)=O)c1ccccc1. The summed E-state index contributed by atoms with van der Waals surface area (Å²) in [6.45, 7) is 4.93. The maximum absolute atomic E-state index is 11.9. The van der Waals surface area contributed by atoms with Crippen molar-refractivity contribution < 1.29 is 4.79 Å². The van der Waals surface area contributed by atoms with Crippen LogP contribution in [0.1, 0.15) is 38.7 Å². The van der Waals surface area contributed by atoms with E-state index in [0.29, 0.717) is 0 Å². The number of nitrogens with one attached hydrogen (secondary N) is 1. The van der Waals surface area contributed by atoms with Crippen LogP contribution in [0.5, 0.6) is 0 Å². The van der Waals surface area contributed by atoms with Gasteiger partial charge in [0, 0.05) is 0 Å².